The summed E-state index contributed by atoms with van der Waals surface area (Å²) in [5.74, 6) is 0.664. The summed E-state index contributed by atoms with van der Waals surface area (Å²) < 4.78 is 10.8. The van der Waals surface area contributed by atoms with E-state index in [2.05, 4.69) is 17.5 Å². The quantitative estimate of drug-likeness (QED) is 0.752. The fourth-order valence-corrected chi connectivity index (χ4v) is 2.43. The number of nitrogens with one attached hydrogen (secondary N) is 1. The Hall–Kier alpha value is -0.640. The molecule has 0 aromatic heterocycles. The summed E-state index contributed by atoms with van der Waals surface area (Å²) >= 11 is 0. The van der Waals surface area contributed by atoms with E-state index in [1.807, 2.05) is 7.05 Å². The van der Waals surface area contributed by atoms with Crippen LogP contribution < -0.4 is 5.32 Å². The molecule has 1 N–H and O–H groups in total. The maximum atomic E-state index is 5.41. The van der Waals surface area contributed by atoms with Gasteiger partial charge in [-0.3, -0.25) is 0 Å². The molecule has 3 atom stereocenters. The van der Waals surface area contributed by atoms with Gasteiger partial charge in [-0.25, -0.2) is 0 Å². The van der Waals surface area contributed by atoms with E-state index < -0.39 is 0 Å². The SMILES string of the molecule is CNC[C@H]1CC2=CC(OC)C(OC)C=C21. The van der Waals surface area contributed by atoms with E-state index >= 15 is 0 Å². The zero-order valence-electron chi connectivity index (χ0n) is 9.62. The molecule has 3 nitrogen and oxygen atoms in total. The molecule has 2 unspecified atom stereocenters. The number of hydrogen-bond donors (Lipinski definition) is 1. The highest BCUT2D eigenvalue weighted by Gasteiger charge is 2.35. The van der Waals surface area contributed by atoms with Crippen LogP contribution in [0.5, 0.6) is 0 Å². The number of rotatable bonds is 4. The van der Waals surface area contributed by atoms with E-state index in [4.69, 9.17) is 9.47 Å². The fraction of sp³-hybridized carbons (Fsp3) is 0.667. The van der Waals surface area contributed by atoms with Crippen LogP contribution in [-0.4, -0.2) is 40.0 Å². The highest BCUT2D eigenvalue weighted by atomic mass is 16.5. The van der Waals surface area contributed by atoms with E-state index in [1.54, 1.807) is 14.2 Å². The molecule has 0 spiro atoms. The molecular formula is C12H19NO2. The first-order chi connectivity index (χ1) is 7.30. The molecule has 2 aliphatic carbocycles. The Kier molecular flexibility index (Phi) is 3.24. The van der Waals surface area contributed by atoms with Crippen molar-refractivity contribution in [3.63, 3.8) is 0 Å². The van der Waals surface area contributed by atoms with Crippen LogP contribution in [0.25, 0.3) is 0 Å². The van der Waals surface area contributed by atoms with Crippen LogP contribution in [-0.2, 0) is 9.47 Å². The third-order valence-corrected chi connectivity index (χ3v) is 3.30. The molecule has 1 fully saturated rings. The van der Waals surface area contributed by atoms with Gasteiger partial charge in [-0.2, -0.15) is 0 Å². The number of ether oxygens (including phenoxy) is 2. The van der Waals surface area contributed by atoms with Crippen LogP contribution in [0, 0.1) is 5.92 Å². The molecule has 0 radical (unpaired) electrons. The van der Waals surface area contributed by atoms with Crippen molar-refractivity contribution < 1.29 is 9.47 Å². The monoisotopic (exact) mass is 209 g/mol. The Bertz CT molecular complexity index is 296. The molecular weight excluding hydrogens is 190 g/mol. The smallest absolute Gasteiger partial charge is 0.106 e. The maximum absolute atomic E-state index is 5.41. The van der Waals surface area contributed by atoms with Crippen LogP contribution in [0.4, 0.5) is 0 Å². The van der Waals surface area contributed by atoms with Crippen molar-refractivity contribution in [3.8, 4) is 0 Å². The van der Waals surface area contributed by atoms with Gasteiger partial charge in [-0.1, -0.05) is 0 Å². The maximum Gasteiger partial charge on any atom is 0.106 e. The highest BCUT2D eigenvalue weighted by molar-refractivity contribution is 5.47. The Morgan fingerprint density at radius 3 is 2.53 bits per heavy atom. The van der Waals surface area contributed by atoms with Crippen molar-refractivity contribution in [3.05, 3.63) is 23.3 Å². The molecule has 3 heteroatoms. The van der Waals surface area contributed by atoms with Gasteiger partial charge in [0, 0.05) is 26.7 Å². The molecule has 0 saturated heterocycles. The second-order valence-corrected chi connectivity index (χ2v) is 4.17. The van der Waals surface area contributed by atoms with Crippen molar-refractivity contribution in [1.29, 1.82) is 0 Å². The van der Waals surface area contributed by atoms with Gasteiger partial charge in [-0.05, 0) is 36.8 Å². The minimum atomic E-state index is 0.0772. The summed E-state index contributed by atoms with van der Waals surface area (Å²) in [6, 6.07) is 0. The van der Waals surface area contributed by atoms with E-state index in [0.717, 1.165) is 6.54 Å². The van der Waals surface area contributed by atoms with Crippen LogP contribution in [0.3, 0.4) is 0 Å². The first-order valence-electron chi connectivity index (χ1n) is 5.43. The molecule has 84 valence electrons. The summed E-state index contributed by atoms with van der Waals surface area (Å²) in [5.41, 5.74) is 2.89. The molecule has 0 aromatic rings. The zero-order chi connectivity index (χ0) is 10.8. The summed E-state index contributed by atoms with van der Waals surface area (Å²) in [4.78, 5) is 0. The van der Waals surface area contributed by atoms with Crippen molar-refractivity contribution in [2.45, 2.75) is 18.6 Å². The lowest BCUT2D eigenvalue weighted by Crippen LogP contribution is -2.37. The van der Waals surface area contributed by atoms with Crippen LogP contribution in [0.15, 0.2) is 23.3 Å². The summed E-state index contributed by atoms with van der Waals surface area (Å²) in [5, 5.41) is 3.22. The van der Waals surface area contributed by atoms with Crippen LogP contribution >= 0.6 is 0 Å². The predicted molar refractivity (Wildman–Crippen MR) is 59.8 cm³/mol. The summed E-state index contributed by atoms with van der Waals surface area (Å²) in [6.45, 7) is 1.05. The van der Waals surface area contributed by atoms with Crippen molar-refractivity contribution >= 4 is 0 Å². The van der Waals surface area contributed by atoms with Gasteiger partial charge in [-0.15, -0.1) is 0 Å². The average molecular weight is 209 g/mol. The Morgan fingerprint density at radius 1 is 1.27 bits per heavy atom. The summed E-state index contributed by atoms with van der Waals surface area (Å²) in [7, 11) is 5.46. The third-order valence-electron chi connectivity index (χ3n) is 3.30. The lowest BCUT2D eigenvalue weighted by molar-refractivity contribution is 0.0112. The van der Waals surface area contributed by atoms with Gasteiger partial charge in [0.15, 0.2) is 0 Å². The third kappa shape index (κ3) is 1.87. The molecule has 2 aliphatic rings. The normalized spacial score (nSPS) is 33.9. The molecule has 0 aromatic carbocycles. The van der Waals surface area contributed by atoms with Crippen LogP contribution in [0.2, 0.25) is 0 Å². The van der Waals surface area contributed by atoms with E-state index in [0.29, 0.717) is 5.92 Å². The van der Waals surface area contributed by atoms with Crippen molar-refractivity contribution in [2.24, 2.45) is 5.92 Å². The second kappa shape index (κ2) is 4.47. The Morgan fingerprint density at radius 2 is 1.93 bits per heavy atom. The zero-order valence-corrected chi connectivity index (χ0v) is 9.62. The standard InChI is InChI=1S/C12H19NO2/c1-13-7-9-4-8-5-11(14-2)12(15-3)6-10(8)9/h5-6,9,11-13H,4,7H2,1-3H3/t9-,11?,12?/m1/s1. The van der Waals surface area contributed by atoms with Gasteiger partial charge in [0.1, 0.15) is 12.2 Å². The van der Waals surface area contributed by atoms with Gasteiger partial charge >= 0.3 is 0 Å². The fourth-order valence-electron chi connectivity index (χ4n) is 2.43. The second-order valence-electron chi connectivity index (χ2n) is 4.17. The summed E-state index contributed by atoms with van der Waals surface area (Å²) in [6.07, 6.45) is 5.76. The van der Waals surface area contributed by atoms with Gasteiger partial charge in [0.2, 0.25) is 0 Å². The average Bonchev–Trinajstić information content (AvgIpc) is 2.25. The number of methoxy groups -OCH3 is 2. The Labute approximate surface area is 91.1 Å². The number of allylic oxidation sites excluding steroid dienone is 1. The van der Waals surface area contributed by atoms with Crippen LogP contribution in [0.1, 0.15) is 6.42 Å². The van der Waals surface area contributed by atoms with E-state index in [1.165, 1.54) is 17.6 Å². The molecule has 0 aliphatic heterocycles. The molecule has 0 amide bonds. The largest absolute Gasteiger partial charge is 0.374 e. The molecule has 15 heavy (non-hydrogen) atoms. The molecule has 0 bridgehead atoms. The first-order valence-corrected chi connectivity index (χ1v) is 5.43. The number of fused-ring (bicyclic) bond motifs is 1. The first kappa shape index (κ1) is 10.9. The lowest BCUT2D eigenvalue weighted by Gasteiger charge is -2.39. The van der Waals surface area contributed by atoms with Gasteiger partial charge < -0.3 is 14.8 Å². The van der Waals surface area contributed by atoms with Crippen molar-refractivity contribution in [2.75, 3.05) is 27.8 Å². The molecule has 2 rings (SSSR count). The Balaban J connectivity index is 2.09. The van der Waals surface area contributed by atoms with Crippen molar-refractivity contribution in [1.82, 2.24) is 5.32 Å². The number of hydrogen-bond acceptors (Lipinski definition) is 3. The predicted octanol–water partition coefficient (Wildman–Crippen LogP) is 1.12. The van der Waals surface area contributed by atoms with Gasteiger partial charge in [0.05, 0.1) is 0 Å². The minimum absolute atomic E-state index is 0.0772. The highest BCUT2D eigenvalue weighted by Crippen LogP contribution is 2.42. The molecule has 0 heterocycles. The topological polar surface area (TPSA) is 30.5 Å². The lowest BCUT2D eigenvalue weighted by atomic mass is 9.70. The van der Waals surface area contributed by atoms with Gasteiger partial charge in [0.25, 0.3) is 0 Å². The van der Waals surface area contributed by atoms with E-state index in [-0.39, 0.29) is 12.2 Å². The molecule has 1 saturated carbocycles. The minimum Gasteiger partial charge on any atom is -0.374 e. The van der Waals surface area contributed by atoms with E-state index in [9.17, 15) is 0 Å².